The molecular weight excluding hydrogens is 257 g/mol. The highest BCUT2D eigenvalue weighted by Crippen LogP contribution is 2.36. The van der Waals surface area contributed by atoms with E-state index in [1.807, 2.05) is 0 Å². The molecule has 2 unspecified atom stereocenters. The van der Waals surface area contributed by atoms with Gasteiger partial charge in [-0.1, -0.05) is 19.9 Å². The fourth-order valence-electron chi connectivity index (χ4n) is 3.05. The van der Waals surface area contributed by atoms with Gasteiger partial charge in [-0.05, 0) is 31.4 Å². The Labute approximate surface area is 120 Å². The van der Waals surface area contributed by atoms with Crippen molar-refractivity contribution >= 4 is 0 Å². The van der Waals surface area contributed by atoms with E-state index in [0.717, 1.165) is 13.0 Å². The molecule has 0 saturated carbocycles. The number of halogens is 1. The second kappa shape index (κ2) is 6.10. The minimum atomic E-state index is -0.316. The van der Waals surface area contributed by atoms with Crippen LogP contribution in [0, 0.1) is 11.7 Å². The van der Waals surface area contributed by atoms with E-state index in [2.05, 4.69) is 26.1 Å². The van der Waals surface area contributed by atoms with E-state index in [9.17, 15) is 4.39 Å². The van der Waals surface area contributed by atoms with Gasteiger partial charge in [0.2, 0.25) is 0 Å². The molecule has 1 aromatic carbocycles. The fraction of sp³-hybridized carbons (Fsp3) is 0.625. The third-order valence-corrected chi connectivity index (χ3v) is 3.65. The molecule has 0 aliphatic carbocycles. The Hall–Kier alpha value is -1.13. The summed E-state index contributed by atoms with van der Waals surface area (Å²) < 4.78 is 25.6. The van der Waals surface area contributed by atoms with Gasteiger partial charge in [0.25, 0.3) is 0 Å². The van der Waals surface area contributed by atoms with E-state index in [1.54, 1.807) is 19.2 Å². The van der Waals surface area contributed by atoms with Crippen molar-refractivity contribution in [2.45, 2.75) is 38.9 Å². The molecule has 1 saturated heterocycles. The van der Waals surface area contributed by atoms with E-state index in [0.29, 0.717) is 23.8 Å². The van der Waals surface area contributed by atoms with Crippen molar-refractivity contribution in [1.82, 2.24) is 5.32 Å². The van der Waals surface area contributed by atoms with Gasteiger partial charge in [0.05, 0.1) is 18.3 Å². The molecule has 2 rings (SSSR count). The number of ether oxygens (including phenoxy) is 2. The third kappa shape index (κ3) is 3.30. The average molecular weight is 281 g/mol. The predicted molar refractivity (Wildman–Crippen MR) is 77.5 cm³/mol. The monoisotopic (exact) mass is 281 g/mol. The molecule has 4 heteroatoms. The Balaban J connectivity index is 2.25. The summed E-state index contributed by atoms with van der Waals surface area (Å²) in [6, 6.07) is 4.88. The summed E-state index contributed by atoms with van der Waals surface area (Å²) in [4.78, 5) is 0. The first-order chi connectivity index (χ1) is 9.45. The van der Waals surface area contributed by atoms with E-state index < -0.39 is 0 Å². The van der Waals surface area contributed by atoms with Crippen LogP contribution in [0.4, 0.5) is 4.39 Å². The normalized spacial score (nSPS) is 26.8. The number of hydrogen-bond donors (Lipinski definition) is 1. The topological polar surface area (TPSA) is 30.5 Å². The predicted octanol–water partition coefficient (Wildman–Crippen LogP) is 3.30. The molecular formula is C16H24FNO2. The lowest BCUT2D eigenvalue weighted by Crippen LogP contribution is -2.49. The number of hydrogen-bond acceptors (Lipinski definition) is 3. The molecule has 1 aromatic rings. The lowest BCUT2D eigenvalue weighted by Gasteiger charge is -2.40. The second-order valence-corrected chi connectivity index (χ2v) is 6.14. The van der Waals surface area contributed by atoms with Crippen LogP contribution in [0.3, 0.4) is 0 Å². The molecule has 0 radical (unpaired) electrons. The van der Waals surface area contributed by atoms with Crippen LogP contribution in [0.2, 0.25) is 0 Å². The molecule has 0 aromatic heterocycles. The zero-order valence-corrected chi connectivity index (χ0v) is 12.7. The van der Waals surface area contributed by atoms with Crippen LogP contribution in [0.1, 0.15) is 38.9 Å². The number of nitrogens with one attached hydrogen (secondary N) is 1. The lowest BCUT2D eigenvalue weighted by atomic mass is 9.91. The molecule has 2 atom stereocenters. The highest BCUT2D eigenvalue weighted by Gasteiger charge is 2.36. The van der Waals surface area contributed by atoms with Crippen molar-refractivity contribution in [2.24, 2.45) is 5.92 Å². The summed E-state index contributed by atoms with van der Waals surface area (Å²) in [7, 11) is 1.56. The maximum atomic E-state index is 14.1. The van der Waals surface area contributed by atoms with Gasteiger partial charge in [-0.15, -0.1) is 0 Å². The largest absolute Gasteiger partial charge is 0.496 e. The maximum absolute atomic E-state index is 14.1. The Morgan fingerprint density at radius 2 is 2.25 bits per heavy atom. The van der Waals surface area contributed by atoms with Gasteiger partial charge in [0, 0.05) is 13.1 Å². The van der Waals surface area contributed by atoms with Crippen molar-refractivity contribution in [3.8, 4) is 5.75 Å². The SMILES string of the molecule is COc1cccc(F)c1C1CNCC(C)(CC(C)C)O1. The van der Waals surface area contributed by atoms with Crippen molar-refractivity contribution in [2.75, 3.05) is 20.2 Å². The van der Waals surface area contributed by atoms with E-state index >= 15 is 0 Å². The van der Waals surface area contributed by atoms with Crippen LogP contribution in [0.25, 0.3) is 0 Å². The molecule has 1 aliphatic rings. The summed E-state index contributed by atoms with van der Waals surface area (Å²) in [6.45, 7) is 7.81. The molecule has 0 amide bonds. The average Bonchev–Trinajstić information content (AvgIpc) is 2.36. The minimum absolute atomic E-state index is 0.273. The van der Waals surface area contributed by atoms with Crippen LogP contribution in [0.5, 0.6) is 5.75 Å². The van der Waals surface area contributed by atoms with E-state index in [1.165, 1.54) is 6.07 Å². The standard InChI is InChI=1S/C16H24FNO2/c1-11(2)8-16(3)10-18-9-14(20-16)15-12(17)6-5-7-13(15)19-4/h5-7,11,14,18H,8-10H2,1-4H3. The number of morpholine rings is 1. The van der Waals surface area contributed by atoms with Crippen molar-refractivity contribution in [1.29, 1.82) is 0 Å². The summed E-state index contributed by atoms with van der Waals surface area (Å²) in [6.07, 6.45) is 0.622. The second-order valence-electron chi connectivity index (χ2n) is 6.14. The molecule has 112 valence electrons. The Morgan fingerprint density at radius 3 is 2.90 bits per heavy atom. The van der Waals surface area contributed by atoms with Gasteiger partial charge in [-0.3, -0.25) is 0 Å². The zero-order valence-electron chi connectivity index (χ0n) is 12.7. The Morgan fingerprint density at radius 1 is 1.50 bits per heavy atom. The fourth-order valence-corrected chi connectivity index (χ4v) is 3.05. The Kier molecular flexibility index (Phi) is 4.66. The first-order valence-electron chi connectivity index (χ1n) is 7.16. The molecule has 3 nitrogen and oxygen atoms in total. The molecule has 20 heavy (non-hydrogen) atoms. The summed E-state index contributed by atoms with van der Waals surface area (Å²) in [5.41, 5.74) is 0.238. The van der Waals surface area contributed by atoms with Gasteiger partial charge < -0.3 is 14.8 Å². The number of rotatable bonds is 4. The Bertz CT molecular complexity index is 464. The van der Waals surface area contributed by atoms with Crippen LogP contribution in [0.15, 0.2) is 18.2 Å². The van der Waals surface area contributed by atoms with Gasteiger partial charge >= 0.3 is 0 Å². The molecule has 1 aliphatic heterocycles. The van der Waals surface area contributed by atoms with Crippen LogP contribution in [-0.4, -0.2) is 25.8 Å². The summed E-state index contributed by atoms with van der Waals surface area (Å²) in [5, 5.41) is 3.36. The molecule has 0 spiro atoms. The quantitative estimate of drug-likeness (QED) is 0.918. The number of methoxy groups -OCH3 is 1. The van der Waals surface area contributed by atoms with Crippen molar-refractivity contribution in [3.05, 3.63) is 29.6 Å². The zero-order chi connectivity index (χ0) is 14.8. The van der Waals surface area contributed by atoms with Gasteiger partial charge in [-0.25, -0.2) is 4.39 Å². The molecule has 1 N–H and O–H groups in total. The third-order valence-electron chi connectivity index (χ3n) is 3.65. The highest BCUT2D eigenvalue weighted by atomic mass is 19.1. The summed E-state index contributed by atoms with van der Waals surface area (Å²) >= 11 is 0. The van der Waals surface area contributed by atoms with Crippen LogP contribution < -0.4 is 10.1 Å². The lowest BCUT2D eigenvalue weighted by molar-refractivity contribution is -0.118. The van der Waals surface area contributed by atoms with Crippen LogP contribution in [-0.2, 0) is 4.74 Å². The van der Waals surface area contributed by atoms with Gasteiger partial charge in [-0.2, -0.15) is 0 Å². The minimum Gasteiger partial charge on any atom is -0.496 e. The molecule has 0 bridgehead atoms. The van der Waals surface area contributed by atoms with Crippen molar-refractivity contribution < 1.29 is 13.9 Å². The molecule has 1 fully saturated rings. The first-order valence-corrected chi connectivity index (χ1v) is 7.16. The van der Waals surface area contributed by atoms with Crippen molar-refractivity contribution in [3.63, 3.8) is 0 Å². The van der Waals surface area contributed by atoms with Gasteiger partial charge in [0.15, 0.2) is 0 Å². The van der Waals surface area contributed by atoms with E-state index in [4.69, 9.17) is 9.47 Å². The number of benzene rings is 1. The first kappa shape index (κ1) is 15.3. The van der Waals surface area contributed by atoms with Gasteiger partial charge in [0.1, 0.15) is 17.7 Å². The molecule has 1 heterocycles. The summed E-state index contributed by atoms with van der Waals surface area (Å²) in [5.74, 6) is 0.804. The van der Waals surface area contributed by atoms with E-state index in [-0.39, 0.29) is 17.5 Å². The smallest absolute Gasteiger partial charge is 0.132 e. The maximum Gasteiger partial charge on any atom is 0.132 e. The van der Waals surface area contributed by atoms with Crippen LogP contribution >= 0.6 is 0 Å². The highest BCUT2D eigenvalue weighted by molar-refractivity contribution is 5.37.